The molecule has 0 bridgehead atoms. The highest BCUT2D eigenvalue weighted by Gasteiger charge is 2.33. The van der Waals surface area contributed by atoms with E-state index in [2.05, 4.69) is 15.6 Å². The van der Waals surface area contributed by atoms with Crippen molar-refractivity contribution in [2.45, 2.75) is 83.9 Å². The first-order chi connectivity index (χ1) is 20.9. The van der Waals surface area contributed by atoms with E-state index in [1.165, 1.54) is 0 Å². The van der Waals surface area contributed by atoms with Crippen LogP contribution in [0.2, 0.25) is 0 Å². The standard InChI is InChI=1S/C28H35Cl6N3O8S/c1-25(2,3)44-22(39)19(37-24(41)45-26(4,5)6)12-46-20-16(15-9-7-8-10-17(15)35-20)11-18(21(38)42-13-27(29,30)31)36-23(40)43-14-28(32,33)34/h7-10,18-19,35H,11-14H2,1-6H3,(H,36,40)(H,37,41)/t18-,19-/m0/s1. The van der Waals surface area contributed by atoms with Crippen LogP contribution in [0.1, 0.15) is 47.1 Å². The molecular weight excluding hydrogens is 751 g/mol. The summed E-state index contributed by atoms with van der Waals surface area (Å²) in [6, 6.07) is 4.67. The number of amides is 2. The summed E-state index contributed by atoms with van der Waals surface area (Å²) >= 11 is 35.4. The minimum absolute atomic E-state index is 0.00489. The second kappa shape index (κ2) is 16.6. The molecule has 1 heterocycles. The van der Waals surface area contributed by atoms with Crippen LogP contribution in [0.4, 0.5) is 9.59 Å². The van der Waals surface area contributed by atoms with Gasteiger partial charge < -0.3 is 34.6 Å². The van der Waals surface area contributed by atoms with E-state index in [9.17, 15) is 19.2 Å². The van der Waals surface area contributed by atoms with Crippen molar-refractivity contribution in [1.82, 2.24) is 15.6 Å². The maximum atomic E-state index is 13.1. The number of para-hydroxylation sites is 1. The Morgan fingerprint density at radius 1 is 0.761 bits per heavy atom. The second-order valence-corrected chi connectivity index (χ2v) is 17.9. The summed E-state index contributed by atoms with van der Waals surface area (Å²) in [5.74, 6) is -1.64. The molecule has 18 heteroatoms. The molecule has 0 fully saturated rings. The molecule has 0 unspecified atom stereocenters. The molecule has 1 aromatic heterocycles. The van der Waals surface area contributed by atoms with Crippen LogP contribution >= 0.6 is 81.4 Å². The zero-order valence-electron chi connectivity index (χ0n) is 25.7. The largest absolute Gasteiger partial charge is 0.460 e. The van der Waals surface area contributed by atoms with Crippen LogP contribution in [0.5, 0.6) is 0 Å². The number of nitrogens with one attached hydrogen (secondary N) is 3. The predicted octanol–water partition coefficient (Wildman–Crippen LogP) is 7.42. The number of hydrogen-bond donors (Lipinski definition) is 3. The van der Waals surface area contributed by atoms with Gasteiger partial charge in [0.15, 0.2) is 0 Å². The fourth-order valence-corrected chi connectivity index (χ4v) is 5.07. The van der Waals surface area contributed by atoms with E-state index in [0.717, 1.165) is 11.8 Å². The molecule has 46 heavy (non-hydrogen) atoms. The van der Waals surface area contributed by atoms with E-state index in [4.69, 9.17) is 88.6 Å². The Labute approximate surface area is 301 Å². The van der Waals surface area contributed by atoms with Crippen LogP contribution in [0.3, 0.4) is 0 Å². The summed E-state index contributed by atoms with van der Waals surface area (Å²) in [6.07, 6.45) is -2.04. The molecular formula is C28H35Cl6N3O8S. The zero-order chi connectivity index (χ0) is 35.1. The van der Waals surface area contributed by atoms with Crippen molar-refractivity contribution < 1.29 is 38.1 Å². The first-order valence-corrected chi connectivity index (χ1v) is 16.9. The van der Waals surface area contributed by atoms with Crippen molar-refractivity contribution in [2.75, 3.05) is 19.0 Å². The van der Waals surface area contributed by atoms with Gasteiger partial charge in [-0.25, -0.2) is 19.2 Å². The molecule has 2 atom stereocenters. The van der Waals surface area contributed by atoms with Crippen molar-refractivity contribution in [3.05, 3.63) is 29.8 Å². The summed E-state index contributed by atoms with van der Waals surface area (Å²) in [7, 11) is 0. The first kappa shape index (κ1) is 40.5. The molecule has 0 saturated heterocycles. The third-order valence-electron chi connectivity index (χ3n) is 5.28. The topological polar surface area (TPSA) is 145 Å². The molecule has 2 aromatic rings. The van der Waals surface area contributed by atoms with Crippen LogP contribution < -0.4 is 10.6 Å². The van der Waals surface area contributed by atoms with Crippen LogP contribution in [0, 0.1) is 0 Å². The maximum absolute atomic E-state index is 13.1. The number of ether oxygens (including phenoxy) is 4. The monoisotopic (exact) mass is 783 g/mol. The van der Waals surface area contributed by atoms with Gasteiger partial charge in [0.05, 0.1) is 5.03 Å². The van der Waals surface area contributed by atoms with Gasteiger partial charge in [0.1, 0.15) is 36.5 Å². The van der Waals surface area contributed by atoms with Gasteiger partial charge in [0, 0.05) is 23.1 Å². The molecule has 258 valence electrons. The van der Waals surface area contributed by atoms with E-state index in [-0.39, 0.29) is 12.2 Å². The van der Waals surface area contributed by atoms with Crippen molar-refractivity contribution in [3.63, 3.8) is 0 Å². The van der Waals surface area contributed by atoms with Gasteiger partial charge >= 0.3 is 24.1 Å². The molecule has 2 amide bonds. The normalized spacial score (nSPS) is 13.8. The number of esters is 2. The summed E-state index contributed by atoms with van der Waals surface area (Å²) < 4.78 is 17.1. The maximum Gasteiger partial charge on any atom is 0.408 e. The Balaban J connectivity index is 2.42. The highest BCUT2D eigenvalue weighted by molar-refractivity contribution is 7.99. The fraction of sp³-hybridized carbons (Fsp3) is 0.571. The lowest BCUT2D eigenvalue weighted by Crippen LogP contribution is -2.47. The highest BCUT2D eigenvalue weighted by Crippen LogP contribution is 2.32. The van der Waals surface area contributed by atoms with Gasteiger partial charge in [0.2, 0.25) is 7.59 Å². The molecule has 0 radical (unpaired) electrons. The van der Waals surface area contributed by atoms with Gasteiger partial charge in [-0.2, -0.15) is 0 Å². The number of hydrogen-bond acceptors (Lipinski definition) is 9. The van der Waals surface area contributed by atoms with Gasteiger partial charge in [0.25, 0.3) is 0 Å². The zero-order valence-corrected chi connectivity index (χ0v) is 31.1. The van der Waals surface area contributed by atoms with E-state index in [1.807, 2.05) is 0 Å². The minimum atomic E-state index is -1.92. The second-order valence-electron chi connectivity index (χ2n) is 11.8. The van der Waals surface area contributed by atoms with Gasteiger partial charge in [-0.1, -0.05) is 87.8 Å². The number of aromatic amines is 1. The van der Waals surface area contributed by atoms with Crippen LogP contribution in [-0.2, 0) is 35.0 Å². The third kappa shape index (κ3) is 15.5. The molecule has 0 aliphatic heterocycles. The first-order valence-electron chi connectivity index (χ1n) is 13.6. The number of fused-ring (bicyclic) bond motifs is 1. The number of halogens is 6. The smallest absolute Gasteiger partial charge is 0.408 e. The lowest BCUT2D eigenvalue weighted by atomic mass is 10.1. The van der Waals surface area contributed by atoms with Gasteiger partial charge in [-0.3, -0.25) is 0 Å². The Morgan fingerprint density at radius 2 is 1.30 bits per heavy atom. The molecule has 1 aromatic carbocycles. The number of carbonyl (C=O) groups is 4. The number of alkyl halides is 6. The SMILES string of the molecule is CC(C)(C)OC(=O)N[C@@H](CSc1[nH]c2ccccc2c1C[C@H](NC(=O)OCC(Cl)(Cl)Cl)C(=O)OCC(Cl)(Cl)Cl)C(=O)OC(C)(C)C. The molecule has 0 spiro atoms. The lowest BCUT2D eigenvalue weighted by molar-refractivity contribution is -0.156. The Hall–Kier alpha value is -1.67. The molecule has 2 rings (SSSR count). The number of aromatic nitrogens is 1. The van der Waals surface area contributed by atoms with Crippen LogP contribution in [0.15, 0.2) is 29.3 Å². The third-order valence-corrected chi connectivity index (χ3v) is 7.07. The number of rotatable bonds is 11. The predicted molar refractivity (Wildman–Crippen MR) is 182 cm³/mol. The van der Waals surface area contributed by atoms with Gasteiger partial charge in [-0.05, 0) is 53.2 Å². The van der Waals surface area contributed by atoms with E-state index >= 15 is 0 Å². The van der Waals surface area contributed by atoms with E-state index < -0.39 is 68.2 Å². The highest BCUT2D eigenvalue weighted by atomic mass is 35.6. The molecule has 3 N–H and O–H groups in total. The average molecular weight is 786 g/mol. The van der Waals surface area contributed by atoms with Crippen molar-refractivity contribution in [2.24, 2.45) is 0 Å². The number of carbonyl (C=O) groups excluding carboxylic acids is 4. The number of alkyl carbamates (subject to hydrolysis) is 2. The van der Waals surface area contributed by atoms with Gasteiger partial charge in [-0.15, -0.1) is 11.8 Å². The fourth-order valence-electron chi connectivity index (χ4n) is 3.64. The van der Waals surface area contributed by atoms with Crippen molar-refractivity contribution in [3.8, 4) is 0 Å². The Morgan fingerprint density at radius 3 is 1.87 bits per heavy atom. The molecule has 0 saturated carbocycles. The average Bonchev–Trinajstić information content (AvgIpc) is 3.22. The number of thioether (sulfide) groups is 1. The number of H-pyrrole nitrogens is 1. The summed E-state index contributed by atoms with van der Waals surface area (Å²) in [4.78, 5) is 54.7. The lowest BCUT2D eigenvalue weighted by Gasteiger charge is -2.26. The summed E-state index contributed by atoms with van der Waals surface area (Å²) in [5.41, 5.74) is -0.412. The Kier molecular flexibility index (Phi) is 14.6. The summed E-state index contributed by atoms with van der Waals surface area (Å²) in [5, 5.41) is 6.17. The Bertz CT molecular complexity index is 1380. The van der Waals surface area contributed by atoms with Crippen molar-refractivity contribution in [1.29, 1.82) is 0 Å². The van der Waals surface area contributed by atoms with Crippen molar-refractivity contribution >= 4 is 116 Å². The summed E-state index contributed by atoms with van der Waals surface area (Å²) in [6.45, 7) is 8.96. The van der Waals surface area contributed by atoms with E-state index in [1.54, 1.807) is 65.8 Å². The minimum Gasteiger partial charge on any atom is -0.460 e. The van der Waals surface area contributed by atoms with Crippen LogP contribution in [0.25, 0.3) is 10.9 Å². The molecule has 0 aliphatic carbocycles. The molecule has 11 nitrogen and oxygen atoms in total. The quantitative estimate of drug-likeness (QED) is 0.0918. The number of benzene rings is 1. The molecule has 0 aliphatic rings. The van der Waals surface area contributed by atoms with Crippen LogP contribution in [-0.4, -0.2) is 78.9 Å². The van der Waals surface area contributed by atoms with E-state index in [0.29, 0.717) is 21.5 Å².